The highest BCUT2D eigenvalue weighted by molar-refractivity contribution is 5.78. The molecule has 0 aromatic carbocycles. The molecule has 94 valence electrons. The fourth-order valence-electron chi connectivity index (χ4n) is 1.70. The Kier molecular flexibility index (Phi) is 5.22. The van der Waals surface area contributed by atoms with Gasteiger partial charge in [-0.2, -0.15) is 0 Å². The second-order valence-electron chi connectivity index (χ2n) is 4.70. The summed E-state index contributed by atoms with van der Waals surface area (Å²) in [6.07, 6.45) is 4.21. The SMILES string of the molecule is CCC(CC)(CN)NC(=O)COCC1CC1. The summed E-state index contributed by atoms with van der Waals surface area (Å²) in [5.41, 5.74) is 5.46. The van der Waals surface area contributed by atoms with Crippen molar-refractivity contribution >= 4 is 5.91 Å². The monoisotopic (exact) mass is 228 g/mol. The first kappa shape index (κ1) is 13.5. The Morgan fingerprint density at radius 3 is 2.50 bits per heavy atom. The Morgan fingerprint density at radius 2 is 2.06 bits per heavy atom. The number of carbonyl (C=O) groups excluding carboxylic acids is 1. The van der Waals surface area contributed by atoms with E-state index in [4.69, 9.17) is 10.5 Å². The summed E-state index contributed by atoms with van der Waals surface area (Å²) in [5.74, 6) is 0.652. The van der Waals surface area contributed by atoms with Crippen LogP contribution in [0.5, 0.6) is 0 Å². The topological polar surface area (TPSA) is 64.3 Å². The van der Waals surface area contributed by atoms with E-state index < -0.39 is 0 Å². The minimum Gasteiger partial charge on any atom is -0.371 e. The highest BCUT2D eigenvalue weighted by atomic mass is 16.5. The van der Waals surface area contributed by atoms with Crippen molar-refractivity contribution in [3.63, 3.8) is 0 Å². The number of ether oxygens (including phenoxy) is 1. The lowest BCUT2D eigenvalue weighted by Gasteiger charge is -2.31. The predicted octanol–water partition coefficient (Wildman–Crippen LogP) is 1.05. The molecular formula is C12H24N2O2. The highest BCUT2D eigenvalue weighted by Crippen LogP contribution is 2.28. The van der Waals surface area contributed by atoms with E-state index in [2.05, 4.69) is 5.32 Å². The quantitative estimate of drug-likeness (QED) is 0.652. The first-order chi connectivity index (χ1) is 7.65. The number of nitrogens with two attached hydrogens (primary N) is 1. The molecule has 1 aliphatic carbocycles. The lowest BCUT2D eigenvalue weighted by Crippen LogP contribution is -2.53. The molecule has 4 heteroatoms. The highest BCUT2D eigenvalue weighted by Gasteiger charge is 2.26. The van der Waals surface area contributed by atoms with Gasteiger partial charge in [0.25, 0.3) is 0 Å². The number of hydrogen-bond donors (Lipinski definition) is 2. The zero-order valence-electron chi connectivity index (χ0n) is 10.4. The van der Waals surface area contributed by atoms with Gasteiger partial charge in [-0.3, -0.25) is 4.79 Å². The third-order valence-electron chi connectivity index (χ3n) is 3.43. The van der Waals surface area contributed by atoms with Crippen LogP contribution in [0.2, 0.25) is 0 Å². The van der Waals surface area contributed by atoms with Gasteiger partial charge in [-0.1, -0.05) is 13.8 Å². The molecule has 1 rings (SSSR count). The largest absolute Gasteiger partial charge is 0.371 e. The number of carbonyl (C=O) groups is 1. The number of amides is 1. The van der Waals surface area contributed by atoms with Crippen molar-refractivity contribution in [3.05, 3.63) is 0 Å². The fourth-order valence-corrected chi connectivity index (χ4v) is 1.70. The van der Waals surface area contributed by atoms with Gasteiger partial charge in [0.05, 0.1) is 12.1 Å². The summed E-state index contributed by atoms with van der Waals surface area (Å²) >= 11 is 0. The molecule has 1 aliphatic rings. The molecule has 0 saturated heterocycles. The molecule has 0 spiro atoms. The van der Waals surface area contributed by atoms with Crippen molar-refractivity contribution in [3.8, 4) is 0 Å². The van der Waals surface area contributed by atoms with Crippen molar-refractivity contribution in [2.45, 2.75) is 45.1 Å². The Labute approximate surface area is 97.9 Å². The summed E-state index contributed by atoms with van der Waals surface area (Å²) in [4.78, 5) is 11.6. The minimum absolute atomic E-state index is 0.0465. The van der Waals surface area contributed by atoms with Gasteiger partial charge in [0.1, 0.15) is 6.61 Å². The van der Waals surface area contributed by atoms with Crippen LogP contribution in [0.4, 0.5) is 0 Å². The van der Waals surface area contributed by atoms with Crippen LogP contribution in [0.3, 0.4) is 0 Å². The molecule has 0 atom stereocenters. The molecule has 0 bridgehead atoms. The number of rotatable bonds is 8. The molecule has 0 unspecified atom stereocenters. The van der Waals surface area contributed by atoms with Gasteiger partial charge in [0.15, 0.2) is 0 Å². The van der Waals surface area contributed by atoms with Gasteiger partial charge in [0.2, 0.25) is 5.91 Å². The van der Waals surface area contributed by atoms with E-state index in [1.807, 2.05) is 13.8 Å². The molecular weight excluding hydrogens is 204 g/mol. The zero-order valence-corrected chi connectivity index (χ0v) is 10.4. The molecule has 0 aliphatic heterocycles. The lowest BCUT2D eigenvalue weighted by molar-refractivity contribution is -0.127. The van der Waals surface area contributed by atoms with Crippen molar-refractivity contribution in [2.75, 3.05) is 19.8 Å². The van der Waals surface area contributed by atoms with Gasteiger partial charge < -0.3 is 15.8 Å². The van der Waals surface area contributed by atoms with Crippen LogP contribution in [0, 0.1) is 5.92 Å². The Hall–Kier alpha value is -0.610. The first-order valence-corrected chi connectivity index (χ1v) is 6.24. The Morgan fingerprint density at radius 1 is 1.44 bits per heavy atom. The van der Waals surface area contributed by atoms with Crippen molar-refractivity contribution in [1.82, 2.24) is 5.32 Å². The number of nitrogens with one attached hydrogen (secondary N) is 1. The molecule has 0 heterocycles. The van der Waals surface area contributed by atoms with Crippen LogP contribution in [-0.4, -0.2) is 31.2 Å². The van der Waals surface area contributed by atoms with Crippen LogP contribution in [0.1, 0.15) is 39.5 Å². The average molecular weight is 228 g/mol. The molecule has 4 nitrogen and oxygen atoms in total. The van der Waals surface area contributed by atoms with E-state index in [0.29, 0.717) is 12.5 Å². The van der Waals surface area contributed by atoms with E-state index in [0.717, 1.165) is 19.4 Å². The summed E-state index contributed by atoms with van der Waals surface area (Å²) in [6.45, 7) is 5.46. The van der Waals surface area contributed by atoms with E-state index >= 15 is 0 Å². The van der Waals surface area contributed by atoms with Crippen molar-refractivity contribution < 1.29 is 9.53 Å². The molecule has 1 amide bonds. The van der Waals surface area contributed by atoms with Crippen LogP contribution in [0.15, 0.2) is 0 Å². The van der Waals surface area contributed by atoms with E-state index in [-0.39, 0.29) is 18.1 Å². The van der Waals surface area contributed by atoms with Crippen molar-refractivity contribution in [2.24, 2.45) is 11.7 Å². The van der Waals surface area contributed by atoms with Crippen molar-refractivity contribution in [1.29, 1.82) is 0 Å². The average Bonchev–Trinajstić information content (AvgIpc) is 3.10. The summed E-state index contributed by atoms with van der Waals surface area (Å²) in [7, 11) is 0. The van der Waals surface area contributed by atoms with Gasteiger partial charge in [-0.25, -0.2) is 0 Å². The maximum absolute atomic E-state index is 11.6. The number of hydrogen-bond acceptors (Lipinski definition) is 3. The first-order valence-electron chi connectivity index (χ1n) is 6.24. The third kappa shape index (κ3) is 4.10. The molecule has 0 radical (unpaired) electrons. The van der Waals surface area contributed by atoms with Gasteiger partial charge in [0, 0.05) is 6.54 Å². The van der Waals surface area contributed by atoms with Crippen LogP contribution in [-0.2, 0) is 9.53 Å². The molecule has 0 aromatic heterocycles. The maximum Gasteiger partial charge on any atom is 0.246 e. The summed E-state index contributed by atoms with van der Waals surface area (Å²) in [5, 5.41) is 2.98. The predicted molar refractivity (Wildman–Crippen MR) is 64.1 cm³/mol. The van der Waals surface area contributed by atoms with Crippen LogP contribution >= 0.6 is 0 Å². The standard InChI is InChI=1S/C12H24N2O2/c1-3-12(4-2,9-13)14-11(15)8-16-7-10-5-6-10/h10H,3-9,13H2,1-2H3,(H,14,15). The fraction of sp³-hybridized carbons (Fsp3) is 0.917. The second kappa shape index (κ2) is 6.21. The molecule has 16 heavy (non-hydrogen) atoms. The van der Waals surface area contributed by atoms with Gasteiger partial charge >= 0.3 is 0 Å². The minimum atomic E-state index is -0.250. The Bertz CT molecular complexity index is 215. The van der Waals surface area contributed by atoms with E-state index in [1.54, 1.807) is 0 Å². The van der Waals surface area contributed by atoms with E-state index in [1.165, 1.54) is 12.8 Å². The summed E-state index contributed by atoms with van der Waals surface area (Å²) < 4.78 is 5.35. The molecule has 0 aromatic rings. The van der Waals surface area contributed by atoms with Gasteiger partial charge in [-0.15, -0.1) is 0 Å². The van der Waals surface area contributed by atoms with E-state index in [9.17, 15) is 4.79 Å². The molecule has 1 fully saturated rings. The van der Waals surface area contributed by atoms with Crippen LogP contribution in [0.25, 0.3) is 0 Å². The van der Waals surface area contributed by atoms with Gasteiger partial charge in [-0.05, 0) is 31.6 Å². The molecule has 1 saturated carbocycles. The third-order valence-corrected chi connectivity index (χ3v) is 3.43. The molecule has 3 N–H and O–H groups in total. The lowest BCUT2D eigenvalue weighted by atomic mass is 9.93. The Balaban J connectivity index is 2.23. The normalized spacial score (nSPS) is 16.2. The summed E-state index contributed by atoms with van der Waals surface area (Å²) in [6, 6.07) is 0. The zero-order chi connectivity index (χ0) is 12.0. The van der Waals surface area contributed by atoms with Crippen LogP contribution < -0.4 is 11.1 Å². The maximum atomic E-state index is 11.6. The second-order valence-corrected chi connectivity index (χ2v) is 4.70. The smallest absolute Gasteiger partial charge is 0.246 e.